The van der Waals surface area contributed by atoms with E-state index in [1.54, 1.807) is 6.20 Å². The number of aryl methyl sites for hydroxylation is 1. The van der Waals surface area contributed by atoms with Crippen molar-refractivity contribution in [3.05, 3.63) is 36.0 Å². The van der Waals surface area contributed by atoms with Gasteiger partial charge in [0.2, 0.25) is 0 Å². The van der Waals surface area contributed by atoms with E-state index in [-0.39, 0.29) is 17.9 Å². The fourth-order valence-corrected chi connectivity index (χ4v) is 2.89. The van der Waals surface area contributed by atoms with Gasteiger partial charge in [0, 0.05) is 31.0 Å². The molecular formula is C15H21N5O. The maximum Gasteiger partial charge on any atom is 0.153 e. The van der Waals surface area contributed by atoms with Crippen LogP contribution in [0.5, 0.6) is 0 Å². The Hall–Kier alpha value is -1.95. The van der Waals surface area contributed by atoms with Gasteiger partial charge in [0.25, 0.3) is 0 Å². The Labute approximate surface area is 124 Å². The van der Waals surface area contributed by atoms with Gasteiger partial charge in [-0.05, 0) is 25.0 Å². The number of aromatic amines is 1. The van der Waals surface area contributed by atoms with Crippen molar-refractivity contribution < 1.29 is 5.11 Å². The molecule has 0 aliphatic heterocycles. The third kappa shape index (κ3) is 3.21. The van der Waals surface area contributed by atoms with Crippen LogP contribution in [0.3, 0.4) is 0 Å². The number of nitrogens with one attached hydrogen (secondary N) is 2. The zero-order valence-electron chi connectivity index (χ0n) is 12.2. The van der Waals surface area contributed by atoms with Crippen molar-refractivity contribution in [2.75, 3.05) is 11.9 Å². The molecule has 1 fully saturated rings. The lowest BCUT2D eigenvalue weighted by Gasteiger charge is -2.15. The number of aliphatic hydroxyl groups excluding tert-OH is 1. The third-order valence-electron chi connectivity index (χ3n) is 4.12. The second kappa shape index (κ2) is 6.22. The van der Waals surface area contributed by atoms with Crippen LogP contribution in [0.15, 0.2) is 24.4 Å². The first-order valence-corrected chi connectivity index (χ1v) is 7.50. The number of hydrogen-bond donors (Lipinski definition) is 3. The molecule has 1 aliphatic carbocycles. The topological polar surface area (TPSA) is 86.7 Å². The van der Waals surface area contributed by atoms with Crippen molar-refractivity contribution in [2.45, 2.75) is 38.2 Å². The lowest BCUT2D eigenvalue weighted by Crippen LogP contribution is -2.22. The molecule has 0 amide bonds. The summed E-state index contributed by atoms with van der Waals surface area (Å²) in [5.41, 5.74) is 0. The molecule has 0 spiro atoms. The molecule has 3 atom stereocenters. The lowest BCUT2D eigenvalue weighted by molar-refractivity contribution is 0.137. The molecule has 6 nitrogen and oxygen atoms in total. The van der Waals surface area contributed by atoms with Crippen LogP contribution < -0.4 is 5.32 Å². The van der Waals surface area contributed by atoms with E-state index in [0.29, 0.717) is 0 Å². The Kier molecular flexibility index (Phi) is 4.15. The van der Waals surface area contributed by atoms with Crippen molar-refractivity contribution in [3.8, 4) is 0 Å². The zero-order valence-corrected chi connectivity index (χ0v) is 12.2. The van der Waals surface area contributed by atoms with Gasteiger partial charge in [0.05, 0.1) is 6.10 Å². The van der Waals surface area contributed by atoms with Crippen LogP contribution in [0.25, 0.3) is 0 Å². The summed E-state index contributed by atoms with van der Waals surface area (Å²) >= 11 is 0. The van der Waals surface area contributed by atoms with E-state index in [9.17, 15) is 5.11 Å². The van der Waals surface area contributed by atoms with Crippen molar-refractivity contribution >= 4 is 5.82 Å². The highest BCUT2D eigenvalue weighted by atomic mass is 16.3. The monoisotopic (exact) mass is 287 g/mol. The molecule has 112 valence electrons. The molecule has 3 N–H and O–H groups in total. The molecule has 3 rings (SSSR count). The first-order valence-electron chi connectivity index (χ1n) is 7.50. The normalized spacial score (nSPS) is 25.1. The van der Waals surface area contributed by atoms with E-state index in [0.717, 1.165) is 43.3 Å². The Morgan fingerprint density at radius 1 is 1.38 bits per heavy atom. The summed E-state index contributed by atoms with van der Waals surface area (Å²) < 4.78 is 0. The fourth-order valence-electron chi connectivity index (χ4n) is 2.89. The SMILES string of the molecule is CCc1nc([C@H]2C[C@H](CNc3ccccn3)[C@H](O)C2)n[nH]1. The molecule has 0 radical (unpaired) electrons. The van der Waals surface area contributed by atoms with Gasteiger partial charge in [0.15, 0.2) is 5.82 Å². The number of rotatable bonds is 5. The first-order chi connectivity index (χ1) is 10.3. The van der Waals surface area contributed by atoms with Crippen molar-refractivity contribution in [2.24, 2.45) is 5.92 Å². The van der Waals surface area contributed by atoms with Crippen LogP contribution in [0.2, 0.25) is 0 Å². The number of hydrogen-bond acceptors (Lipinski definition) is 5. The molecule has 0 unspecified atom stereocenters. The summed E-state index contributed by atoms with van der Waals surface area (Å²) in [6.07, 6.45) is 3.94. The summed E-state index contributed by atoms with van der Waals surface area (Å²) in [4.78, 5) is 8.72. The van der Waals surface area contributed by atoms with Gasteiger partial charge in [0.1, 0.15) is 11.6 Å². The predicted molar refractivity (Wildman–Crippen MR) is 80.0 cm³/mol. The molecule has 6 heteroatoms. The van der Waals surface area contributed by atoms with E-state index >= 15 is 0 Å². The van der Waals surface area contributed by atoms with Gasteiger partial charge in [-0.3, -0.25) is 5.10 Å². The Morgan fingerprint density at radius 2 is 2.29 bits per heavy atom. The van der Waals surface area contributed by atoms with Crippen LogP contribution in [0.4, 0.5) is 5.82 Å². The van der Waals surface area contributed by atoms with Crippen molar-refractivity contribution in [3.63, 3.8) is 0 Å². The zero-order chi connectivity index (χ0) is 14.7. The summed E-state index contributed by atoms with van der Waals surface area (Å²) in [5, 5.41) is 20.7. The van der Waals surface area contributed by atoms with Crippen LogP contribution >= 0.6 is 0 Å². The smallest absolute Gasteiger partial charge is 0.153 e. The summed E-state index contributed by atoms with van der Waals surface area (Å²) in [5.74, 6) is 3.05. The van der Waals surface area contributed by atoms with Gasteiger partial charge in [-0.1, -0.05) is 13.0 Å². The highest BCUT2D eigenvalue weighted by molar-refractivity contribution is 5.33. The molecule has 21 heavy (non-hydrogen) atoms. The largest absolute Gasteiger partial charge is 0.393 e. The molecule has 2 aromatic heterocycles. The molecule has 1 saturated carbocycles. The Bertz CT molecular complexity index is 570. The van der Waals surface area contributed by atoms with Gasteiger partial charge in [-0.25, -0.2) is 9.97 Å². The number of pyridine rings is 1. The number of nitrogens with zero attached hydrogens (tertiary/aromatic N) is 3. The van der Waals surface area contributed by atoms with Crippen LogP contribution in [-0.2, 0) is 6.42 Å². The maximum absolute atomic E-state index is 10.2. The van der Waals surface area contributed by atoms with Crippen molar-refractivity contribution in [1.82, 2.24) is 20.2 Å². The molecule has 1 aliphatic rings. The quantitative estimate of drug-likeness (QED) is 0.779. The number of H-pyrrole nitrogens is 1. The van der Waals surface area contributed by atoms with E-state index in [4.69, 9.17) is 0 Å². The van der Waals surface area contributed by atoms with E-state index in [1.807, 2.05) is 25.1 Å². The highest BCUT2D eigenvalue weighted by Crippen LogP contribution is 2.37. The average molecular weight is 287 g/mol. The summed E-state index contributed by atoms with van der Waals surface area (Å²) in [7, 11) is 0. The van der Waals surface area contributed by atoms with Gasteiger partial charge in [-0.15, -0.1) is 0 Å². The minimum atomic E-state index is -0.310. The predicted octanol–water partition coefficient (Wildman–Crippen LogP) is 1.73. The van der Waals surface area contributed by atoms with Crippen LogP contribution in [-0.4, -0.2) is 37.9 Å². The van der Waals surface area contributed by atoms with E-state index in [1.165, 1.54) is 0 Å². The molecule has 0 bridgehead atoms. The van der Waals surface area contributed by atoms with Gasteiger partial charge in [-0.2, -0.15) is 5.10 Å². The minimum absolute atomic E-state index is 0.209. The van der Waals surface area contributed by atoms with Gasteiger partial charge >= 0.3 is 0 Å². The molecule has 2 heterocycles. The summed E-state index contributed by atoms with van der Waals surface area (Å²) in [6, 6.07) is 5.77. The maximum atomic E-state index is 10.2. The van der Waals surface area contributed by atoms with E-state index in [2.05, 4.69) is 25.5 Å². The second-order valence-corrected chi connectivity index (χ2v) is 5.59. The third-order valence-corrected chi connectivity index (χ3v) is 4.12. The van der Waals surface area contributed by atoms with Crippen LogP contribution in [0, 0.1) is 5.92 Å². The Morgan fingerprint density at radius 3 is 3.00 bits per heavy atom. The highest BCUT2D eigenvalue weighted by Gasteiger charge is 2.35. The molecule has 0 saturated heterocycles. The minimum Gasteiger partial charge on any atom is -0.393 e. The average Bonchev–Trinajstić information content (AvgIpc) is 3.13. The molecule has 2 aromatic rings. The number of aliphatic hydroxyl groups is 1. The first kappa shape index (κ1) is 14.0. The standard InChI is InChI=1S/C15H21N5O/c1-2-13-18-15(20-19-13)10-7-11(12(21)8-10)9-17-14-5-3-4-6-16-14/h3-6,10-12,21H,2,7-9H2,1H3,(H,16,17)(H,18,19,20)/t10-,11+,12+/m0/s1. The number of anilines is 1. The van der Waals surface area contributed by atoms with Crippen LogP contribution in [0.1, 0.15) is 37.3 Å². The van der Waals surface area contributed by atoms with E-state index < -0.39 is 0 Å². The Balaban J connectivity index is 1.58. The lowest BCUT2D eigenvalue weighted by atomic mass is 10.0. The summed E-state index contributed by atoms with van der Waals surface area (Å²) in [6.45, 7) is 2.77. The number of aromatic nitrogens is 4. The molecule has 0 aromatic carbocycles. The molecular weight excluding hydrogens is 266 g/mol. The van der Waals surface area contributed by atoms with Crippen molar-refractivity contribution in [1.29, 1.82) is 0 Å². The fraction of sp³-hybridized carbons (Fsp3) is 0.533. The second-order valence-electron chi connectivity index (χ2n) is 5.59. The van der Waals surface area contributed by atoms with Gasteiger partial charge < -0.3 is 10.4 Å².